The van der Waals surface area contributed by atoms with Crippen LogP contribution >= 0.6 is 11.6 Å². The largest absolute Gasteiger partial charge is 0.481 e. The van der Waals surface area contributed by atoms with Crippen molar-refractivity contribution in [3.8, 4) is 11.8 Å². The van der Waals surface area contributed by atoms with Crippen LogP contribution in [0.25, 0.3) is 0 Å². The van der Waals surface area contributed by atoms with Gasteiger partial charge in [0.05, 0.1) is 35.5 Å². The lowest BCUT2D eigenvalue weighted by molar-refractivity contribution is -0.137. The Labute approximate surface area is 165 Å². The third-order valence-corrected chi connectivity index (χ3v) is 4.24. The number of likely N-dealkylation sites (N-methyl/N-ethyl adjacent to an activating group) is 1. The number of hydrogen-bond donors (Lipinski definition) is 0. The number of amides is 1. The van der Waals surface area contributed by atoms with E-state index in [0.717, 1.165) is 12.1 Å². The minimum absolute atomic E-state index is 0.0342. The lowest BCUT2D eigenvalue weighted by Crippen LogP contribution is -2.42. The van der Waals surface area contributed by atoms with Crippen LogP contribution in [0.4, 0.5) is 13.2 Å². The van der Waals surface area contributed by atoms with E-state index in [-0.39, 0.29) is 34.9 Å². The number of halogens is 4. The predicted octanol–water partition coefficient (Wildman–Crippen LogP) is 4.09. The number of carbonyl (C=O) groups is 1. The van der Waals surface area contributed by atoms with Crippen molar-refractivity contribution in [1.82, 2.24) is 14.9 Å². The van der Waals surface area contributed by atoms with Gasteiger partial charge in [0.25, 0.3) is 5.91 Å². The molecule has 0 aliphatic heterocycles. The molecule has 0 saturated carbocycles. The smallest absolute Gasteiger partial charge is 0.417 e. The summed E-state index contributed by atoms with van der Waals surface area (Å²) in [5.74, 6) is -0.0571. The fourth-order valence-electron chi connectivity index (χ4n) is 2.43. The monoisotopic (exact) mass is 417 g/mol. The summed E-state index contributed by atoms with van der Waals surface area (Å²) in [7, 11) is 1.43. The molecule has 1 amide bonds. The Morgan fingerprint density at radius 3 is 2.46 bits per heavy atom. The molecule has 152 valence electrons. The fraction of sp³-hybridized carbons (Fsp3) is 0.389. The maximum atomic E-state index is 12.8. The van der Waals surface area contributed by atoms with Gasteiger partial charge in [-0.2, -0.15) is 13.2 Å². The van der Waals surface area contributed by atoms with Crippen LogP contribution in [0.3, 0.4) is 0 Å². The van der Waals surface area contributed by atoms with Crippen molar-refractivity contribution in [3.63, 3.8) is 0 Å². The maximum Gasteiger partial charge on any atom is 0.417 e. The molecule has 0 radical (unpaired) electrons. The second-order valence-electron chi connectivity index (χ2n) is 5.84. The van der Waals surface area contributed by atoms with Crippen LogP contribution in [0.2, 0.25) is 5.02 Å². The first-order chi connectivity index (χ1) is 13.2. The summed E-state index contributed by atoms with van der Waals surface area (Å²) in [4.78, 5) is 21.9. The summed E-state index contributed by atoms with van der Waals surface area (Å²) in [6.07, 6.45) is -2.43. The zero-order valence-electron chi connectivity index (χ0n) is 15.5. The van der Waals surface area contributed by atoms with Crippen molar-refractivity contribution in [3.05, 3.63) is 46.7 Å². The van der Waals surface area contributed by atoms with E-state index in [9.17, 15) is 18.0 Å². The third-order valence-electron chi connectivity index (χ3n) is 3.94. The van der Waals surface area contributed by atoms with E-state index in [1.165, 1.54) is 24.3 Å². The van der Waals surface area contributed by atoms with Crippen LogP contribution in [-0.4, -0.2) is 47.1 Å². The molecule has 0 aromatic carbocycles. The van der Waals surface area contributed by atoms with Crippen LogP contribution in [-0.2, 0) is 6.18 Å². The van der Waals surface area contributed by atoms with Crippen LogP contribution in [0, 0.1) is 0 Å². The zero-order chi connectivity index (χ0) is 20.9. The van der Waals surface area contributed by atoms with Crippen molar-refractivity contribution in [2.45, 2.75) is 26.1 Å². The number of hydrogen-bond acceptors (Lipinski definition) is 5. The summed E-state index contributed by atoms with van der Waals surface area (Å²) in [6.45, 7) is 3.94. The molecule has 0 aliphatic carbocycles. The van der Waals surface area contributed by atoms with Gasteiger partial charge in [0, 0.05) is 24.9 Å². The predicted molar refractivity (Wildman–Crippen MR) is 96.7 cm³/mol. The average Bonchev–Trinajstić information content (AvgIpc) is 2.66. The van der Waals surface area contributed by atoms with E-state index in [1.807, 2.05) is 0 Å². The number of rotatable bonds is 7. The molecule has 2 rings (SSSR count). The molecule has 0 bridgehead atoms. The Balaban J connectivity index is 2.07. The molecular weight excluding hydrogens is 399 g/mol. The number of carbonyl (C=O) groups excluding carboxylic acids is 1. The summed E-state index contributed by atoms with van der Waals surface area (Å²) in [6, 6.07) is 3.08. The van der Waals surface area contributed by atoms with E-state index in [2.05, 4.69) is 9.97 Å². The number of alkyl halides is 3. The van der Waals surface area contributed by atoms with Crippen molar-refractivity contribution in [1.29, 1.82) is 0 Å². The molecule has 0 fully saturated rings. The van der Waals surface area contributed by atoms with Gasteiger partial charge < -0.3 is 14.4 Å². The van der Waals surface area contributed by atoms with Gasteiger partial charge >= 0.3 is 6.18 Å². The topological polar surface area (TPSA) is 64.6 Å². The fourth-order valence-corrected chi connectivity index (χ4v) is 2.62. The van der Waals surface area contributed by atoms with Crippen molar-refractivity contribution >= 4 is 17.5 Å². The summed E-state index contributed by atoms with van der Waals surface area (Å²) >= 11 is 6.08. The highest BCUT2D eigenvalue weighted by Gasteiger charge is 2.31. The highest BCUT2D eigenvalue weighted by atomic mass is 35.5. The van der Waals surface area contributed by atoms with E-state index < -0.39 is 17.8 Å². The first kappa shape index (κ1) is 21.7. The van der Waals surface area contributed by atoms with E-state index >= 15 is 0 Å². The number of aromatic nitrogens is 2. The third kappa shape index (κ3) is 5.25. The van der Waals surface area contributed by atoms with Crippen molar-refractivity contribution in [2.24, 2.45) is 0 Å². The Morgan fingerprint density at radius 1 is 1.25 bits per heavy atom. The number of methoxy groups -OCH3 is 1. The minimum atomic E-state index is -4.46. The molecule has 2 aromatic rings. The number of ether oxygens (including phenoxy) is 2. The van der Waals surface area contributed by atoms with Crippen LogP contribution in [0.15, 0.2) is 30.6 Å². The lowest BCUT2D eigenvalue weighted by atomic mass is 10.2. The summed E-state index contributed by atoms with van der Waals surface area (Å²) < 4.78 is 48.2. The van der Waals surface area contributed by atoms with Gasteiger partial charge in [0.2, 0.25) is 11.8 Å². The molecule has 2 aromatic heterocycles. The zero-order valence-corrected chi connectivity index (χ0v) is 16.2. The molecule has 28 heavy (non-hydrogen) atoms. The molecule has 10 heteroatoms. The van der Waals surface area contributed by atoms with Gasteiger partial charge in [0.15, 0.2) is 0 Å². The molecule has 0 unspecified atom stereocenters. The van der Waals surface area contributed by atoms with E-state index in [4.69, 9.17) is 21.1 Å². The first-order valence-corrected chi connectivity index (χ1v) is 8.71. The van der Waals surface area contributed by atoms with Crippen LogP contribution in [0.5, 0.6) is 11.8 Å². The molecular formula is C18H19ClF3N3O3. The van der Waals surface area contributed by atoms with Gasteiger partial charge in [-0.25, -0.2) is 9.97 Å². The quantitative estimate of drug-likeness (QED) is 0.679. The Hall–Kier alpha value is -2.55. The summed E-state index contributed by atoms with van der Waals surface area (Å²) in [5, 5.41) is 0.182. The molecule has 0 N–H and O–H groups in total. The van der Waals surface area contributed by atoms with Gasteiger partial charge in [0.1, 0.15) is 6.61 Å². The minimum Gasteiger partial charge on any atom is -0.481 e. The van der Waals surface area contributed by atoms with Gasteiger partial charge in [-0.1, -0.05) is 11.6 Å². The van der Waals surface area contributed by atoms with E-state index in [1.54, 1.807) is 13.8 Å². The van der Waals surface area contributed by atoms with Gasteiger partial charge in [-0.15, -0.1) is 0 Å². The molecule has 2 heterocycles. The summed E-state index contributed by atoms with van der Waals surface area (Å²) in [5.41, 5.74) is -0.630. The highest BCUT2D eigenvalue weighted by Crippen LogP contribution is 2.29. The molecule has 0 saturated heterocycles. The van der Waals surface area contributed by atoms with Crippen molar-refractivity contribution < 1.29 is 27.4 Å². The Morgan fingerprint density at radius 2 is 1.93 bits per heavy atom. The first-order valence-electron chi connectivity index (χ1n) is 8.33. The number of nitrogens with zero attached hydrogens (tertiary/aromatic N) is 3. The molecule has 1 atom stereocenters. The number of pyridine rings is 2. The molecule has 0 spiro atoms. The van der Waals surface area contributed by atoms with Crippen LogP contribution < -0.4 is 9.47 Å². The van der Waals surface area contributed by atoms with Gasteiger partial charge in [-0.05, 0) is 19.9 Å². The maximum absolute atomic E-state index is 12.8. The second kappa shape index (κ2) is 9.09. The van der Waals surface area contributed by atoms with Crippen LogP contribution in [0.1, 0.15) is 29.8 Å². The molecule has 0 aliphatic rings. The second-order valence-corrected chi connectivity index (χ2v) is 6.25. The average molecular weight is 418 g/mol. The van der Waals surface area contributed by atoms with Gasteiger partial charge in [-0.3, -0.25) is 4.79 Å². The van der Waals surface area contributed by atoms with E-state index in [0.29, 0.717) is 12.7 Å². The SMILES string of the molecule is CCN(C(=O)c1cc(OC)ncc1Cl)[C@@H](C)COc1ccc(C(F)(F)F)cn1. The Bertz CT molecular complexity index is 816. The lowest BCUT2D eigenvalue weighted by Gasteiger charge is -2.28. The molecule has 6 nitrogen and oxygen atoms in total. The standard InChI is InChI=1S/C18H19ClF3N3O3/c1-4-25(17(26)13-7-16(27-3)24-9-14(13)19)11(2)10-28-15-6-5-12(8-23-15)18(20,21)22/h5-9,11H,4,10H2,1-3H3/t11-/m0/s1. The Kier molecular flexibility index (Phi) is 7.06. The van der Waals surface area contributed by atoms with Crippen molar-refractivity contribution in [2.75, 3.05) is 20.3 Å². The normalized spacial score (nSPS) is 12.4. The highest BCUT2D eigenvalue weighted by molar-refractivity contribution is 6.33.